The SMILES string of the molecule is OCc1ccnc(-c2cc(Cl)c(Cl)cc2Cl)c1C(F)(F)F. The zero-order chi connectivity index (χ0) is 15.8. The molecule has 1 heterocycles. The molecule has 1 aromatic heterocycles. The summed E-state index contributed by atoms with van der Waals surface area (Å²) >= 11 is 17.5. The molecule has 8 heteroatoms. The monoisotopic (exact) mass is 355 g/mol. The summed E-state index contributed by atoms with van der Waals surface area (Å²) in [6.45, 7) is -0.774. The number of alkyl halides is 3. The van der Waals surface area contributed by atoms with E-state index in [0.717, 1.165) is 12.3 Å². The van der Waals surface area contributed by atoms with Crippen LogP contribution in [0.4, 0.5) is 13.2 Å². The third kappa shape index (κ3) is 3.26. The standard InChI is InChI=1S/C13H7Cl3F3NO/c14-8-4-10(16)9(15)3-7(8)12-11(13(17,18)19)6(5-21)1-2-20-12/h1-4,21H,5H2. The quantitative estimate of drug-likeness (QED) is 0.748. The molecule has 0 aliphatic heterocycles. The maximum absolute atomic E-state index is 13.2. The smallest absolute Gasteiger partial charge is 0.392 e. The van der Waals surface area contributed by atoms with Crippen molar-refractivity contribution in [3.8, 4) is 11.3 Å². The van der Waals surface area contributed by atoms with E-state index in [9.17, 15) is 13.2 Å². The van der Waals surface area contributed by atoms with Crippen LogP contribution in [0.25, 0.3) is 11.3 Å². The van der Waals surface area contributed by atoms with E-state index < -0.39 is 24.0 Å². The first-order valence-electron chi connectivity index (χ1n) is 5.56. The molecular weight excluding hydrogens is 350 g/mol. The maximum atomic E-state index is 13.2. The Morgan fingerprint density at radius 3 is 2.24 bits per heavy atom. The highest BCUT2D eigenvalue weighted by Crippen LogP contribution is 2.42. The summed E-state index contributed by atoms with van der Waals surface area (Å²) in [4.78, 5) is 3.74. The highest BCUT2D eigenvalue weighted by atomic mass is 35.5. The molecule has 21 heavy (non-hydrogen) atoms. The van der Waals surface area contributed by atoms with Crippen LogP contribution in [0.3, 0.4) is 0 Å². The summed E-state index contributed by atoms with van der Waals surface area (Å²) in [6, 6.07) is 3.55. The number of benzene rings is 1. The molecule has 0 amide bonds. The molecule has 2 nitrogen and oxygen atoms in total. The van der Waals surface area contributed by atoms with Gasteiger partial charge in [-0.3, -0.25) is 4.98 Å². The first kappa shape index (κ1) is 16.4. The highest BCUT2D eigenvalue weighted by Gasteiger charge is 2.37. The Balaban J connectivity index is 2.79. The molecule has 0 aliphatic rings. The van der Waals surface area contributed by atoms with Gasteiger partial charge in [0.25, 0.3) is 0 Å². The fourth-order valence-corrected chi connectivity index (χ4v) is 2.49. The minimum absolute atomic E-state index is 0.00584. The Kier molecular flexibility index (Phi) is 4.68. The molecule has 0 saturated heterocycles. The van der Waals surface area contributed by atoms with Crippen molar-refractivity contribution in [2.75, 3.05) is 0 Å². The molecule has 0 unspecified atom stereocenters. The average molecular weight is 357 g/mol. The molecule has 1 aromatic carbocycles. The largest absolute Gasteiger partial charge is 0.418 e. The zero-order valence-electron chi connectivity index (χ0n) is 10.2. The van der Waals surface area contributed by atoms with E-state index in [-0.39, 0.29) is 26.2 Å². The number of hydrogen-bond acceptors (Lipinski definition) is 2. The van der Waals surface area contributed by atoms with Gasteiger partial charge in [0, 0.05) is 11.8 Å². The second-order valence-electron chi connectivity index (χ2n) is 4.10. The van der Waals surface area contributed by atoms with Gasteiger partial charge in [-0.2, -0.15) is 13.2 Å². The lowest BCUT2D eigenvalue weighted by Crippen LogP contribution is -2.12. The number of hydrogen-bond donors (Lipinski definition) is 1. The normalized spacial score (nSPS) is 11.8. The van der Waals surface area contributed by atoms with E-state index in [0.29, 0.717) is 0 Å². The van der Waals surface area contributed by atoms with Crippen LogP contribution in [0.5, 0.6) is 0 Å². The van der Waals surface area contributed by atoms with Gasteiger partial charge < -0.3 is 5.11 Å². The van der Waals surface area contributed by atoms with Crippen LogP contribution in [-0.2, 0) is 12.8 Å². The van der Waals surface area contributed by atoms with Crippen LogP contribution >= 0.6 is 34.8 Å². The molecule has 1 N–H and O–H groups in total. The van der Waals surface area contributed by atoms with Gasteiger partial charge in [-0.1, -0.05) is 34.8 Å². The highest BCUT2D eigenvalue weighted by molar-refractivity contribution is 6.44. The first-order valence-corrected chi connectivity index (χ1v) is 6.70. The van der Waals surface area contributed by atoms with Crippen molar-refractivity contribution >= 4 is 34.8 Å². The van der Waals surface area contributed by atoms with Gasteiger partial charge >= 0.3 is 6.18 Å². The number of rotatable bonds is 2. The van der Waals surface area contributed by atoms with Crippen molar-refractivity contribution in [2.45, 2.75) is 12.8 Å². The predicted octanol–water partition coefficient (Wildman–Crippen LogP) is 5.22. The number of aliphatic hydroxyl groups is 1. The number of aliphatic hydroxyl groups excluding tert-OH is 1. The molecule has 112 valence electrons. The third-order valence-corrected chi connectivity index (χ3v) is 3.79. The third-order valence-electron chi connectivity index (χ3n) is 2.76. The van der Waals surface area contributed by atoms with Gasteiger partial charge in [0.2, 0.25) is 0 Å². The van der Waals surface area contributed by atoms with Crippen molar-refractivity contribution < 1.29 is 18.3 Å². The Morgan fingerprint density at radius 2 is 1.67 bits per heavy atom. The van der Waals surface area contributed by atoms with Crippen LogP contribution in [-0.4, -0.2) is 10.1 Å². The summed E-state index contributed by atoms with van der Waals surface area (Å²) in [5, 5.41) is 9.28. The molecular formula is C13H7Cl3F3NO. The Bertz CT molecular complexity index is 689. The topological polar surface area (TPSA) is 33.1 Å². The fourth-order valence-electron chi connectivity index (χ4n) is 1.86. The Hall–Kier alpha value is -1.01. The minimum Gasteiger partial charge on any atom is -0.392 e. The molecule has 0 saturated carbocycles. The van der Waals surface area contributed by atoms with Crippen LogP contribution in [0.15, 0.2) is 24.4 Å². The van der Waals surface area contributed by atoms with Gasteiger partial charge in [0.1, 0.15) is 0 Å². The van der Waals surface area contributed by atoms with Gasteiger partial charge in [0.05, 0.1) is 32.9 Å². The van der Waals surface area contributed by atoms with E-state index in [4.69, 9.17) is 39.9 Å². The molecule has 0 fully saturated rings. The molecule has 2 aromatic rings. The first-order chi connectivity index (χ1) is 9.75. The van der Waals surface area contributed by atoms with Gasteiger partial charge in [-0.25, -0.2) is 0 Å². The van der Waals surface area contributed by atoms with Crippen molar-refractivity contribution in [2.24, 2.45) is 0 Å². The van der Waals surface area contributed by atoms with Crippen LogP contribution in [0.1, 0.15) is 11.1 Å². The summed E-state index contributed by atoms with van der Waals surface area (Å²) in [5.74, 6) is 0. The fraction of sp³-hybridized carbons (Fsp3) is 0.154. The Morgan fingerprint density at radius 1 is 1.05 bits per heavy atom. The van der Waals surface area contributed by atoms with E-state index in [1.165, 1.54) is 12.1 Å². The van der Waals surface area contributed by atoms with E-state index >= 15 is 0 Å². The van der Waals surface area contributed by atoms with Gasteiger partial charge in [-0.15, -0.1) is 0 Å². The van der Waals surface area contributed by atoms with Crippen LogP contribution in [0.2, 0.25) is 15.1 Å². The van der Waals surface area contributed by atoms with Gasteiger partial charge in [0.15, 0.2) is 0 Å². The summed E-state index contributed by atoms with van der Waals surface area (Å²) in [5.41, 5.74) is -1.76. The minimum atomic E-state index is -4.70. The van der Waals surface area contributed by atoms with Crippen molar-refractivity contribution in [1.82, 2.24) is 4.98 Å². The lowest BCUT2D eigenvalue weighted by molar-refractivity contribution is -0.138. The Labute approximate surface area is 133 Å². The molecule has 0 spiro atoms. The van der Waals surface area contributed by atoms with Crippen LogP contribution < -0.4 is 0 Å². The van der Waals surface area contributed by atoms with Crippen molar-refractivity contribution in [3.05, 3.63) is 50.6 Å². The van der Waals surface area contributed by atoms with Crippen molar-refractivity contribution in [1.29, 1.82) is 0 Å². The summed E-state index contributed by atoms with van der Waals surface area (Å²) in [6.07, 6.45) is -3.54. The van der Waals surface area contributed by atoms with Crippen molar-refractivity contribution in [3.63, 3.8) is 0 Å². The van der Waals surface area contributed by atoms with E-state index in [1.807, 2.05) is 0 Å². The number of nitrogens with zero attached hydrogens (tertiary/aromatic N) is 1. The predicted molar refractivity (Wildman–Crippen MR) is 75.6 cm³/mol. The number of aromatic nitrogens is 1. The second kappa shape index (κ2) is 6.01. The van der Waals surface area contributed by atoms with Crippen LogP contribution in [0, 0.1) is 0 Å². The lowest BCUT2D eigenvalue weighted by atomic mass is 10.0. The number of pyridine rings is 1. The average Bonchev–Trinajstić information content (AvgIpc) is 2.41. The summed E-state index contributed by atoms with van der Waals surface area (Å²) < 4.78 is 39.7. The van der Waals surface area contributed by atoms with E-state index in [1.54, 1.807) is 0 Å². The zero-order valence-corrected chi connectivity index (χ0v) is 12.4. The van der Waals surface area contributed by atoms with Gasteiger partial charge in [-0.05, 0) is 23.8 Å². The molecule has 0 bridgehead atoms. The lowest BCUT2D eigenvalue weighted by Gasteiger charge is -2.16. The second-order valence-corrected chi connectivity index (χ2v) is 5.32. The molecule has 0 atom stereocenters. The maximum Gasteiger partial charge on any atom is 0.418 e. The number of halogens is 6. The summed E-state index contributed by atoms with van der Waals surface area (Å²) in [7, 11) is 0. The molecule has 0 radical (unpaired) electrons. The molecule has 2 rings (SSSR count). The molecule has 0 aliphatic carbocycles. The van der Waals surface area contributed by atoms with E-state index in [2.05, 4.69) is 4.98 Å².